The Labute approximate surface area is 79.9 Å². The van der Waals surface area contributed by atoms with Crippen molar-refractivity contribution in [1.29, 1.82) is 0 Å². The number of rotatable bonds is 3. The summed E-state index contributed by atoms with van der Waals surface area (Å²) in [4.78, 5) is 11.1. The fraction of sp³-hybridized carbons (Fsp3) is 0.909. The molecule has 0 bridgehead atoms. The van der Waals surface area contributed by atoms with E-state index in [2.05, 4.69) is 0 Å². The highest BCUT2D eigenvalue weighted by molar-refractivity contribution is 5.76. The molecular weight excluding hydrogens is 162 g/mol. The van der Waals surface area contributed by atoms with Gasteiger partial charge in [-0.15, -0.1) is 0 Å². The van der Waals surface area contributed by atoms with Crippen LogP contribution >= 0.6 is 0 Å². The molecule has 2 saturated carbocycles. The van der Waals surface area contributed by atoms with Gasteiger partial charge in [-0.25, -0.2) is 0 Å². The molecule has 0 amide bonds. The molecule has 0 spiro atoms. The molecule has 0 aromatic rings. The van der Waals surface area contributed by atoms with Crippen molar-refractivity contribution in [3.8, 4) is 0 Å². The number of ketones is 1. The Hall–Kier alpha value is -0.370. The summed E-state index contributed by atoms with van der Waals surface area (Å²) in [5.74, 6) is 2.12. The van der Waals surface area contributed by atoms with Crippen molar-refractivity contribution in [1.82, 2.24) is 0 Å². The molecule has 0 aromatic heterocycles. The Balaban J connectivity index is 2.03. The van der Waals surface area contributed by atoms with Gasteiger partial charge in [0.2, 0.25) is 0 Å². The molecule has 2 fully saturated rings. The van der Waals surface area contributed by atoms with Crippen LogP contribution in [0.1, 0.15) is 39.0 Å². The zero-order valence-electron chi connectivity index (χ0n) is 8.38. The van der Waals surface area contributed by atoms with Crippen LogP contribution in [-0.4, -0.2) is 12.3 Å². The minimum absolute atomic E-state index is 0.192. The highest BCUT2D eigenvalue weighted by Gasteiger charge is 2.48. The maximum atomic E-state index is 11.1. The summed E-state index contributed by atoms with van der Waals surface area (Å²) in [5, 5.41) is 0. The Bertz CT molecular complexity index is 212. The van der Waals surface area contributed by atoms with Crippen LogP contribution in [-0.2, 0) is 4.79 Å². The molecular formula is C11H19NO. The maximum Gasteiger partial charge on any atom is 0.130 e. The van der Waals surface area contributed by atoms with E-state index >= 15 is 0 Å². The number of nitrogens with two attached hydrogens (primary N) is 1. The second-order valence-corrected chi connectivity index (χ2v) is 5.09. The summed E-state index contributed by atoms with van der Waals surface area (Å²) in [6, 6.07) is 0. The molecule has 0 aromatic carbocycles. The first-order valence-electron chi connectivity index (χ1n) is 5.35. The molecule has 2 aliphatic rings. The van der Waals surface area contributed by atoms with Gasteiger partial charge < -0.3 is 10.5 Å². The quantitative estimate of drug-likeness (QED) is 0.720. The SMILES string of the molecule is CC(=O)CC1(CN)C[C@H]2CC[C@H]2C1. The first-order valence-corrected chi connectivity index (χ1v) is 5.35. The Morgan fingerprint density at radius 2 is 1.92 bits per heavy atom. The molecule has 0 saturated heterocycles. The van der Waals surface area contributed by atoms with Crippen molar-refractivity contribution in [2.24, 2.45) is 23.0 Å². The lowest BCUT2D eigenvalue weighted by molar-refractivity contribution is -0.119. The number of hydrogen-bond acceptors (Lipinski definition) is 2. The van der Waals surface area contributed by atoms with Crippen LogP contribution in [0.15, 0.2) is 0 Å². The van der Waals surface area contributed by atoms with Gasteiger partial charge in [-0.3, -0.25) is 0 Å². The smallest absolute Gasteiger partial charge is 0.130 e. The standard InChI is InChI=1S/C11H19NO/c1-8(13)4-11(7-12)5-9-2-3-10(9)6-11/h9-10H,2-7,12H2,1H3/t9-,10+,11?. The van der Waals surface area contributed by atoms with Crippen LogP contribution in [0.3, 0.4) is 0 Å². The van der Waals surface area contributed by atoms with Crippen molar-refractivity contribution < 1.29 is 4.79 Å². The van der Waals surface area contributed by atoms with Gasteiger partial charge in [0.25, 0.3) is 0 Å². The summed E-state index contributed by atoms with van der Waals surface area (Å²) < 4.78 is 0. The number of hydrogen-bond donors (Lipinski definition) is 1. The van der Waals surface area contributed by atoms with Gasteiger partial charge in [0.15, 0.2) is 0 Å². The number of carbonyl (C=O) groups excluding carboxylic acids is 1. The van der Waals surface area contributed by atoms with Gasteiger partial charge in [-0.05, 0) is 56.4 Å². The molecule has 74 valence electrons. The third-order valence-electron chi connectivity index (χ3n) is 4.02. The lowest BCUT2D eigenvalue weighted by atomic mass is 9.77. The molecule has 2 N–H and O–H groups in total. The second kappa shape index (κ2) is 3.09. The predicted molar refractivity (Wildman–Crippen MR) is 52.2 cm³/mol. The van der Waals surface area contributed by atoms with Gasteiger partial charge in [0.05, 0.1) is 0 Å². The number of carbonyl (C=O) groups is 1. The van der Waals surface area contributed by atoms with E-state index in [1.807, 2.05) is 0 Å². The molecule has 2 aliphatic carbocycles. The molecule has 2 nitrogen and oxygen atoms in total. The molecule has 0 aliphatic heterocycles. The average Bonchev–Trinajstić information content (AvgIpc) is 2.28. The number of Topliss-reactive ketones (excluding diaryl/α,β-unsaturated/α-hetero) is 1. The summed E-state index contributed by atoms with van der Waals surface area (Å²) in [5.41, 5.74) is 6.01. The molecule has 2 rings (SSSR count). The van der Waals surface area contributed by atoms with Crippen LogP contribution in [0, 0.1) is 17.3 Å². The minimum atomic E-state index is 0.192. The van der Waals surface area contributed by atoms with E-state index in [0.717, 1.165) is 18.3 Å². The summed E-state index contributed by atoms with van der Waals surface area (Å²) >= 11 is 0. The second-order valence-electron chi connectivity index (χ2n) is 5.09. The van der Waals surface area contributed by atoms with Crippen molar-refractivity contribution in [2.75, 3.05) is 6.54 Å². The maximum absolute atomic E-state index is 11.1. The Morgan fingerprint density at radius 3 is 2.23 bits per heavy atom. The highest BCUT2D eigenvalue weighted by atomic mass is 16.1. The molecule has 2 heteroatoms. The number of fused-ring (bicyclic) bond motifs is 1. The summed E-state index contributed by atoms with van der Waals surface area (Å²) in [6.07, 6.45) is 5.91. The van der Waals surface area contributed by atoms with Crippen LogP contribution in [0.4, 0.5) is 0 Å². The average molecular weight is 181 g/mol. The highest BCUT2D eigenvalue weighted by Crippen LogP contribution is 2.56. The van der Waals surface area contributed by atoms with Crippen LogP contribution in [0.25, 0.3) is 0 Å². The largest absolute Gasteiger partial charge is 0.330 e. The normalized spacial score (nSPS) is 42.6. The Morgan fingerprint density at radius 1 is 1.38 bits per heavy atom. The van der Waals surface area contributed by atoms with Crippen molar-refractivity contribution in [3.05, 3.63) is 0 Å². The van der Waals surface area contributed by atoms with Crippen molar-refractivity contribution in [3.63, 3.8) is 0 Å². The predicted octanol–water partition coefficient (Wildman–Crippen LogP) is 1.73. The fourth-order valence-electron chi connectivity index (χ4n) is 3.28. The van der Waals surface area contributed by atoms with E-state index in [0.29, 0.717) is 12.3 Å². The van der Waals surface area contributed by atoms with Gasteiger partial charge in [0.1, 0.15) is 5.78 Å². The fourth-order valence-corrected chi connectivity index (χ4v) is 3.28. The third-order valence-corrected chi connectivity index (χ3v) is 4.02. The zero-order chi connectivity index (χ0) is 9.47. The van der Waals surface area contributed by atoms with E-state index in [-0.39, 0.29) is 5.41 Å². The topological polar surface area (TPSA) is 43.1 Å². The molecule has 0 heterocycles. The minimum Gasteiger partial charge on any atom is -0.330 e. The van der Waals surface area contributed by atoms with Crippen LogP contribution in [0.2, 0.25) is 0 Å². The lowest BCUT2D eigenvalue weighted by Crippen LogP contribution is -2.30. The molecule has 13 heavy (non-hydrogen) atoms. The first-order chi connectivity index (χ1) is 6.15. The van der Waals surface area contributed by atoms with Gasteiger partial charge in [-0.1, -0.05) is 0 Å². The van der Waals surface area contributed by atoms with Crippen molar-refractivity contribution in [2.45, 2.75) is 39.0 Å². The molecule has 1 unspecified atom stereocenters. The van der Waals surface area contributed by atoms with Crippen LogP contribution < -0.4 is 5.73 Å². The summed E-state index contributed by atoms with van der Waals surface area (Å²) in [6.45, 7) is 2.40. The van der Waals surface area contributed by atoms with E-state index < -0.39 is 0 Å². The third kappa shape index (κ3) is 1.52. The zero-order valence-corrected chi connectivity index (χ0v) is 8.38. The van der Waals surface area contributed by atoms with Gasteiger partial charge in [0, 0.05) is 6.42 Å². The molecule has 0 radical (unpaired) electrons. The van der Waals surface area contributed by atoms with E-state index in [1.165, 1.54) is 25.7 Å². The van der Waals surface area contributed by atoms with Crippen LogP contribution in [0.5, 0.6) is 0 Å². The Kier molecular flexibility index (Phi) is 2.18. The van der Waals surface area contributed by atoms with Gasteiger partial charge in [-0.2, -0.15) is 0 Å². The monoisotopic (exact) mass is 181 g/mol. The molecule has 3 atom stereocenters. The van der Waals surface area contributed by atoms with E-state index in [1.54, 1.807) is 6.92 Å². The van der Waals surface area contributed by atoms with Crippen molar-refractivity contribution >= 4 is 5.78 Å². The summed E-state index contributed by atoms with van der Waals surface area (Å²) in [7, 11) is 0. The van der Waals surface area contributed by atoms with Gasteiger partial charge >= 0.3 is 0 Å². The first kappa shape index (κ1) is 9.20. The lowest BCUT2D eigenvalue weighted by Gasteiger charge is -2.29. The van der Waals surface area contributed by atoms with E-state index in [4.69, 9.17) is 5.73 Å². The van der Waals surface area contributed by atoms with E-state index in [9.17, 15) is 4.79 Å².